The highest BCUT2D eigenvalue weighted by Crippen LogP contribution is 2.34. The van der Waals surface area contributed by atoms with Gasteiger partial charge < -0.3 is 14.2 Å². The van der Waals surface area contributed by atoms with Gasteiger partial charge >= 0.3 is 0 Å². The highest BCUT2D eigenvalue weighted by Gasteiger charge is 2.35. The Bertz CT molecular complexity index is 781. The molecule has 2 aliphatic rings. The van der Waals surface area contributed by atoms with Crippen molar-refractivity contribution in [2.45, 2.75) is 70.9 Å². The zero-order valence-electron chi connectivity index (χ0n) is 16.6. The maximum atomic E-state index is 13.1. The van der Waals surface area contributed by atoms with Crippen LogP contribution in [0.3, 0.4) is 0 Å². The standard InChI is InChI=1S/C22H29N3O3/c1-16-10-12-18(13-11-16)27-15-20-23-21(24-28-20)19-9-5-6-14-25(19)22(26)17-7-3-2-4-8-17/h10-13,17,19H,2-9,14-15H2,1H3. The summed E-state index contributed by atoms with van der Waals surface area (Å²) in [6.07, 6.45) is 8.65. The van der Waals surface area contributed by atoms with Gasteiger partial charge in [-0.05, 0) is 51.2 Å². The Morgan fingerprint density at radius 2 is 1.86 bits per heavy atom. The first-order valence-electron chi connectivity index (χ1n) is 10.5. The van der Waals surface area contributed by atoms with Gasteiger partial charge in [0.05, 0.1) is 6.04 Å². The molecule has 0 N–H and O–H groups in total. The van der Waals surface area contributed by atoms with E-state index in [0.717, 1.165) is 57.2 Å². The molecule has 6 heteroatoms. The van der Waals surface area contributed by atoms with E-state index >= 15 is 0 Å². The number of hydrogen-bond donors (Lipinski definition) is 0. The minimum absolute atomic E-state index is 0.0694. The molecule has 1 atom stereocenters. The van der Waals surface area contributed by atoms with Gasteiger partial charge in [-0.3, -0.25) is 4.79 Å². The zero-order chi connectivity index (χ0) is 19.3. The van der Waals surface area contributed by atoms with Crippen LogP contribution in [0.4, 0.5) is 0 Å². The summed E-state index contributed by atoms with van der Waals surface area (Å²) < 4.78 is 11.2. The molecule has 2 aromatic rings. The van der Waals surface area contributed by atoms with Crippen LogP contribution in [-0.2, 0) is 11.4 Å². The number of aryl methyl sites for hydroxylation is 1. The molecular formula is C22H29N3O3. The minimum atomic E-state index is -0.0694. The fourth-order valence-corrected chi connectivity index (χ4v) is 4.29. The van der Waals surface area contributed by atoms with E-state index in [4.69, 9.17) is 9.26 Å². The zero-order valence-corrected chi connectivity index (χ0v) is 16.6. The second-order valence-electron chi connectivity index (χ2n) is 8.03. The summed E-state index contributed by atoms with van der Waals surface area (Å²) in [4.78, 5) is 19.7. The van der Waals surface area contributed by atoms with Crippen molar-refractivity contribution >= 4 is 5.91 Å². The van der Waals surface area contributed by atoms with Gasteiger partial charge in [-0.2, -0.15) is 4.98 Å². The van der Waals surface area contributed by atoms with Crippen molar-refractivity contribution in [3.05, 3.63) is 41.5 Å². The third-order valence-corrected chi connectivity index (χ3v) is 5.91. The molecule has 2 fully saturated rings. The van der Waals surface area contributed by atoms with Crippen LogP contribution < -0.4 is 4.74 Å². The first kappa shape index (κ1) is 19.0. The number of likely N-dealkylation sites (tertiary alicyclic amines) is 1. The van der Waals surface area contributed by atoms with Crippen LogP contribution in [0.2, 0.25) is 0 Å². The number of amides is 1. The predicted octanol–water partition coefficient (Wildman–Crippen LogP) is 4.59. The molecule has 2 heterocycles. The van der Waals surface area contributed by atoms with Gasteiger partial charge in [-0.15, -0.1) is 0 Å². The number of rotatable bonds is 5. The first-order chi connectivity index (χ1) is 13.7. The van der Waals surface area contributed by atoms with E-state index in [-0.39, 0.29) is 24.5 Å². The van der Waals surface area contributed by atoms with Crippen molar-refractivity contribution in [3.8, 4) is 5.75 Å². The molecule has 0 radical (unpaired) electrons. The molecular weight excluding hydrogens is 354 g/mol. The molecule has 4 rings (SSSR count). The summed E-state index contributed by atoms with van der Waals surface area (Å²) in [5.74, 6) is 2.30. The van der Waals surface area contributed by atoms with Crippen molar-refractivity contribution in [2.75, 3.05) is 6.54 Å². The summed E-state index contributed by atoms with van der Waals surface area (Å²) in [5, 5.41) is 4.18. The lowest BCUT2D eigenvalue weighted by Gasteiger charge is -2.37. The van der Waals surface area contributed by atoms with E-state index in [1.54, 1.807) is 0 Å². The average molecular weight is 383 g/mol. The Kier molecular flexibility index (Phi) is 5.93. The van der Waals surface area contributed by atoms with Crippen molar-refractivity contribution in [1.29, 1.82) is 0 Å². The number of hydrogen-bond acceptors (Lipinski definition) is 5. The van der Waals surface area contributed by atoms with Crippen molar-refractivity contribution in [2.24, 2.45) is 5.92 Å². The van der Waals surface area contributed by atoms with Crippen LogP contribution >= 0.6 is 0 Å². The second-order valence-corrected chi connectivity index (χ2v) is 8.03. The predicted molar refractivity (Wildman–Crippen MR) is 105 cm³/mol. The third-order valence-electron chi connectivity index (χ3n) is 5.91. The van der Waals surface area contributed by atoms with Crippen molar-refractivity contribution < 1.29 is 14.1 Å². The number of carbonyl (C=O) groups is 1. The average Bonchev–Trinajstić information content (AvgIpc) is 3.22. The van der Waals surface area contributed by atoms with Crippen LogP contribution in [-0.4, -0.2) is 27.5 Å². The number of nitrogens with zero attached hydrogens (tertiary/aromatic N) is 3. The van der Waals surface area contributed by atoms with Gasteiger partial charge in [0.2, 0.25) is 5.91 Å². The van der Waals surface area contributed by atoms with E-state index < -0.39 is 0 Å². The molecule has 1 unspecified atom stereocenters. The molecule has 1 aliphatic heterocycles. The SMILES string of the molecule is Cc1ccc(OCc2nc(C3CCCCN3C(=O)C3CCCCC3)no2)cc1. The second kappa shape index (κ2) is 8.76. The maximum absolute atomic E-state index is 13.1. The highest BCUT2D eigenvalue weighted by atomic mass is 16.5. The molecule has 1 aromatic heterocycles. The fourth-order valence-electron chi connectivity index (χ4n) is 4.29. The Morgan fingerprint density at radius 1 is 1.11 bits per heavy atom. The van der Waals surface area contributed by atoms with Gasteiger partial charge in [-0.1, -0.05) is 42.1 Å². The molecule has 6 nitrogen and oxygen atoms in total. The molecule has 0 bridgehead atoms. The molecule has 0 spiro atoms. The van der Waals surface area contributed by atoms with Crippen LogP contribution in [0.5, 0.6) is 5.75 Å². The maximum Gasteiger partial charge on any atom is 0.264 e. The number of carbonyl (C=O) groups excluding carboxylic acids is 1. The number of aromatic nitrogens is 2. The third kappa shape index (κ3) is 4.37. The summed E-state index contributed by atoms with van der Waals surface area (Å²) in [7, 11) is 0. The summed E-state index contributed by atoms with van der Waals surface area (Å²) >= 11 is 0. The van der Waals surface area contributed by atoms with E-state index in [0.29, 0.717) is 11.7 Å². The number of benzene rings is 1. The Morgan fingerprint density at radius 3 is 2.64 bits per heavy atom. The van der Waals surface area contributed by atoms with Crippen molar-refractivity contribution in [3.63, 3.8) is 0 Å². The number of piperidine rings is 1. The largest absolute Gasteiger partial charge is 0.484 e. The highest BCUT2D eigenvalue weighted by molar-refractivity contribution is 5.79. The quantitative estimate of drug-likeness (QED) is 0.755. The normalized spacial score (nSPS) is 20.9. The van der Waals surface area contributed by atoms with Crippen LogP contribution in [0.1, 0.15) is 74.7 Å². The lowest BCUT2D eigenvalue weighted by atomic mass is 9.87. The summed E-state index contributed by atoms with van der Waals surface area (Å²) in [6, 6.07) is 7.80. The van der Waals surface area contributed by atoms with E-state index in [9.17, 15) is 4.79 Å². The van der Waals surface area contributed by atoms with Crippen LogP contribution in [0.15, 0.2) is 28.8 Å². The van der Waals surface area contributed by atoms with Gasteiger partial charge in [0.15, 0.2) is 12.4 Å². The van der Waals surface area contributed by atoms with Gasteiger partial charge in [-0.25, -0.2) is 0 Å². The van der Waals surface area contributed by atoms with Gasteiger partial charge in [0.25, 0.3) is 5.89 Å². The fraction of sp³-hybridized carbons (Fsp3) is 0.591. The summed E-state index contributed by atoms with van der Waals surface area (Å²) in [5.41, 5.74) is 1.19. The Hall–Kier alpha value is -2.37. The lowest BCUT2D eigenvalue weighted by molar-refractivity contribution is -0.140. The van der Waals surface area contributed by atoms with Crippen molar-refractivity contribution in [1.82, 2.24) is 15.0 Å². The molecule has 1 aromatic carbocycles. The Balaban J connectivity index is 1.41. The minimum Gasteiger partial charge on any atom is -0.484 e. The van der Waals surface area contributed by atoms with E-state index in [2.05, 4.69) is 10.1 Å². The van der Waals surface area contributed by atoms with Gasteiger partial charge in [0.1, 0.15) is 5.75 Å². The van der Waals surface area contributed by atoms with Crippen LogP contribution in [0, 0.1) is 12.8 Å². The molecule has 1 saturated heterocycles. The molecule has 1 saturated carbocycles. The smallest absolute Gasteiger partial charge is 0.264 e. The Labute approximate surface area is 166 Å². The summed E-state index contributed by atoms with van der Waals surface area (Å²) in [6.45, 7) is 3.07. The lowest BCUT2D eigenvalue weighted by Crippen LogP contribution is -2.42. The number of ether oxygens (including phenoxy) is 1. The molecule has 1 aliphatic carbocycles. The first-order valence-corrected chi connectivity index (χ1v) is 10.5. The van der Waals surface area contributed by atoms with Crippen LogP contribution in [0.25, 0.3) is 0 Å². The molecule has 150 valence electrons. The van der Waals surface area contributed by atoms with E-state index in [1.165, 1.54) is 12.0 Å². The van der Waals surface area contributed by atoms with Gasteiger partial charge in [0, 0.05) is 12.5 Å². The monoisotopic (exact) mass is 383 g/mol. The topological polar surface area (TPSA) is 68.5 Å². The molecule has 1 amide bonds. The molecule has 28 heavy (non-hydrogen) atoms. The van der Waals surface area contributed by atoms with E-state index in [1.807, 2.05) is 36.1 Å².